The van der Waals surface area contributed by atoms with Gasteiger partial charge in [-0.3, -0.25) is 0 Å². The number of rotatable bonds is 9. The van der Waals surface area contributed by atoms with Gasteiger partial charge in [0.2, 0.25) is 0 Å². The lowest BCUT2D eigenvalue weighted by atomic mass is 10.2. The zero-order valence-corrected chi connectivity index (χ0v) is 9.61. The van der Waals surface area contributed by atoms with Crippen LogP contribution in [-0.4, -0.2) is 36.4 Å². The van der Waals surface area contributed by atoms with Crippen LogP contribution in [0, 0.1) is 5.92 Å². The normalized spacial score (nSPS) is 13.2. The second-order valence-electron chi connectivity index (χ2n) is 3.33. The van der Waals surface area contributed by atoms with Gasteiger partial charge in [-0.05, 0) is 18.1 Å². The quantitative estimate of drug-likeness (QED) is 0.586. The Hall–Kier alpha value is 0.270. The Balaban J connectivity index is 2.91. The third-order valence-electron chi connectivity index (χ3n) is 1.73. The van der Waals surface area contributed by atoms with Crippen molar-refractivity contribution in [2.45, 2.75) is 26.7 Å². The third kappa shape index (κ3) is 10.2. The van der Waals surface area contributed by atoms with E-state index in [1.807, 2.05) is 11.8 Å². The molecule has 0 radical (unpaired) electrons. The Kier molecular flexibility index (Phi) is 10.6. The van der Waals surface area contributed by atoms with Gasteiger partial charge in [-0.25, -0.2) is 0 Å². The Morgan fingerprint density at radius 2 is 2.15 bits per heavy atom. The van der Waals surface area contributed by atoms with Crippen LogP contribution in [0.25, 0.3) is 0 Å². The zero-order valence-electron chi connectivity index (χ0n) is 8.79. The maximum atomic E-state index is 8.76. The molecule has 0 spiro atoms. The number of thioether (sulfide) groups is 1. The minimum atomic E-state index is 0.295. The van der Waals surface area contributed by atoms with Crippen molar-refractivity contribution in [3.8, 4) is 0 Å². The molecule has 0 saturated heterocycles. The van der Waals surface area contributed by atoms with E-state index in [9.17, 15) is 0 Å². The summed E-state index contributed by atoms with van der Waals surface area (Å²) in [6, 6.07) is 0. The predicted molar refractivity (Wildman–Crippen MR) is 59.3 cm³/mol. The van der Waals surface area contributed by atoms with Crippen molar-refractivity contribution in [3.05, 3.63) is 0 Å². The molecule has 0 fully saturated rings. The van der Waals surface area contributed by atoms with Gasteiger partial charge in [0.1, 0.15) is 0 Å². The monoisotopic (exact) mass is 206 g/mol. The highest BCUT2D eigenvalue weighted by molar-refractivity contribution is 7.99. The van der Waals surface area contributed by atoms with Gasteiger partial charge >= 0.3 is 0 Å². The molecular formula is C10H22O2S. The predicted octanol–water partition coefficient (Wildman–Crippen LogP) is 2.16. The fraction of sp³-hybridized carbons (Fsp3) is 1.00. The fourth-order valence-electron chi connectivity index (χ4n) is 0.804. The lowest BCUT2D eigenvalue weighted by molar-refractivity contribution is 0.147. The average molecular weight is 206 g/mol. The summed E-state index contributed by atoms with van der Waals surface area (Å²) in [5.74, 6) is 2.50. The first-order valence-corrected chi connectivity index (χ1v) is 6.23. The van der Waals surface area contributed by atoms with Gasteiger partial charge in [0.15, 0.2) is 0 Å². The number of hydrogen-bond donors (Lipinski definition) is 1. The van der Waals surface area contributed by atoms with Crippen molar-refractivity contribution >= 4 is 11.8 Å². The molecule has 0 aromatic carbocycles. The molecule has 13 heavy (non-hydrogen) atoms. The third-order valence-corrected chi connectivity index (χ3v) is 2.99. The molecule has 3 heteroatoms. The van der Waals surface area contributed by atoms with Crippen LogP contribution < -0.4 is 0 Å². The van der Waals surface area contributed by atoms with Crippen molar-refractivity contribution in [2.75, 3.05) is 31.3 Å². The van der Waals surface area contributed by atoms with Crippen molar-refractivity contribution < 1.29 is 9.84 Å². The SMILES string of the molecule is CCCCOCCSCC(C)CO. The second-order valence-corrected chi connectivity index (χ2v) is 4.48. The van der Waals surface area contributed by atoms with Crippen LogP contribution >= 0.6 is 11.8 Å². The summed E-state index contributed by atoms with van der Waals surface area (Å²) in [7, 11) is 0. The maximum absolute atomic E-state index is 8.76. The molecule has 0 heterocycles. The number of ether oxygens (including phenoxy) is 1. The van der Waals surface area contributed by atoms with E-state index in [-0.39, 0.29) is 0 Å². The molecular weight excluding hydrogens is 184 g/mol. The molecule has 80 valence electrons. The highest BCUT2D eigenvalue weighted by Crippen LogP contribution is 2.07. The molecule has 1 unspecified atom stereocenters. The van der Waals surface area contributed by atoms with Gasteiger partial charge in [-0.15, -0.1) is 0 Å². The molecule has 0 bridgehead atoms. The van der Waals surface area contributed by atoms with Crippen molar-refractivity contribution in [1.29, 1.82) is 0 Å². The lowest BCUT2D eigenvalue weighted by Crippen LogP contribution is -2.06. The topological polar surface area (TPSA) is 29.5 Å². The Morgan fingerprint density at radius 1 is 1.38 bits per heavy atom. The van der Waals surface area contributed by atoms with E-state index < -0.39 is 0 Å². The number of unbranched alkanes of at least 4 members (excludes halogenated alkanes) is 1. The van der Waals surface area contributed by atoms with Crippen LogP contribution in [0.5, 0.6) is 0 Å². The molecule has 0 aliphatic carbocycles. The molecule has 0 aromatic rings. The fourth-order valence-corrected chi connectivity index (χ4v) is 1.71. The second kappa shape index (κ2) is 10.4. The molecule has 0 amide bonds. The first kappa shape index (κ1) is 13.3. The van der Waals surface area contributed by atoms with Crippen LogP contribution in [0.15, 0.2) is 0 Å². The largest absolute Gasteiger partial charge is 0.396 e. The van der Waals surface area contributed by atoms with E-state index in [0.717, 1.165) is 31.1 Å². The summed E-state index contributed by atoms with van der Waals surface area (Å²) in [6.45, 7) is 6.27. The number of hydrogen-bond acceptors (Lipinski definition) is 3. The molecule has 0 rings (SSSR count). The summed E-state index contributed by atoms with van der Waals surface area (Å²) in [5, 5.41) is 8.76. The van der Waals surface area contributed by atoms with Crippen LogP contribution in [0.1, 0.15) is 26.7 Å². The zero-order chi connectivity index (χ0) is 9.94. The Labute approximate surface area is 86.1 Å². The van der Waals surface area contributed by atoms with E-state index in [1.54, 1.807) is 0 Å². The highest BCUT2D eigenvalue weighted by atomic mass is 32.2. The van der Waals surface area contributed by atoms with Crippen molar-refractivity contribution in [1.82, 2.24) is 0 Å². The molecule has 1 atom stereocenters. The minimum Gasteiger partial charge on any atom is -0.396 e. The van der Waals surface area contributed by atoms with Gasteiger partial charge in [0.05, 0.1) is 6.61 Å². The van der Waals surface area contributed by atoms with Gasteiger partial charge in [0, 0.05) is 19.0 Å². The molecule has 0 aromatic heterocycles. The van der Waals surface area contributed by atoms with Crippen LogP contribution in [0.2, 0.25) is 0 Å². The molecule has 2 nitrogen and oxygen atoms in total. The van der Waals surface area contributed by atoms with Crippen molar-refractivity contribution in [2.24, 2.45) is 5.92 Å². The van der Waals surface area contributed by atoms with Crippen LogP contribution in [0.3, 0.4) is 0 Å². The van der Waals surface area contributed by atoms with Gasteiger partial charge in [-0.2, -0.15) is 11.8 Å². The van der Waals surface area contributed by atoms with Gasteiger partial charge < -0.3 is 9.84 Å². The van der Waals surface area contributed by atoms with E-state index >= 15 is 0 Å². The lowest BCUT2D eigenvalue weighted by Gasteiger charge is -2.07. The summed E-state index contributed by atoms with van der Waals surface area (Å²) >= 11 is 1.86. The summed E-state index contributed by atoms with van der Waals surface area (Å²) in [6.07, 6.45) is 2.37. The van der Waals surface area contributed by atoms with E-state index in [0.29, 0.717) is 12.5 Å². The molecule has 0 aliphatic heterocycles. The molecule has 0 saturated carbocycles. The summed E-state index contributed by atoms with van der Waals surface area (Å²) in [5.41, 5.74) is 0. The molecule has 0 aliphatic rings. The van der Waals surface area contributed by atoms with E-state index in [2.05, 4.69) is 13.8 Å². The standard InChI is InChI=1S/C10H22O2S/c1-3-4-5-12-6-7-13-9-10(2)8-11/h10-11H,3-9H2,1-2H3. The Morgan fingerprint density at radius 3 is 2.77 bits per heavy atom. The van der Waals surface area contributed by atoms with E-state index in [1.165, 1.54) is 6.42 Å². The van der Waals surface area contributed by atoms with Crippen molar-refractivity contribution in [3.63, 3.8) is 0 Å². The van der Waals surface area contributed by atoms with Gasteiger partial charge in [0.25, 0.3) is 0 Å². The first-order chi connectivity index (χ1) is 6.31. The number of aliphatic hydroxyl groups excluding tert-OH is 1. The smallest absolute Gasteiger partial charge is 0.0556 e. The summed E-state index contributed by atoms with van der Waals surface area (Å²) in [4.78, 5) is 0. The Bertz CT molecular complexity index is 98.9. The highest BCUT2D eigenvalue weighted by Gasteiger charge is 1.98. The number of aliphatic hydroxyl groups is 1. The summed E-state index contributed by atoms with van der Waals surface area (Å²) < 4.78 is 5.41. The minimum absolute atomic E-state index is 0.295. The van der Waals surface area contributed by atoms with Gasteiger partial charge in [-0.1, -0.05) is 20.3 Å². The average Bonchev–Trinajstić information content (AvgIpc) is 2.16. The molecule has 1 N–H and O–H groups in total. The maximum Gasteiger partial charge on any atom is 0.0556 e. The first-order valence-electron chi connectivity index (χ1n) is 5.07. The van der Waals surface area contributed by atoms with Crippen LogP contribution in [-0.2, 0) is 4.74 Å². The van der Waals surface area contributed by atoms with E-state index in [4.69, 9.17) is 9.84 Å². The van der Waals surface area contributed by atoms with Crippen LogP contribution in [0.4, 0.5) is 0 Å².